The molecule has 2 rings (SSSR count). The summed E-state index contributed by atoms with van der Waals surface area (Å²) in [6.07, 6.45) is 6.86. The van der Waals surface area contributed by atoms with Gasteiger partial charge in [-0.1, -0.05) is 12.0 Å². The van der Waals surface area contributed by atoms with Gasteiger partial charge in [-0.25, -0.2) is 4.98 Å². The zero-order chi connectivity index (χ0) is 12.1. The Labute approximate surface area is 99.5 Å². The van der Waals surface area contributed by atoms with E-state index in [1.807, 2.05) is 6.07 Å². The van der Waals surface area contributed by atoms with Crippen LogP contribution in [0.2, 0.25) is 0 Å². The fraction of sp³-hybridized carbons (Fsp3) is 0. The Hall–Kier alpha value is -2.60. The molecule has 1 aromatic carbocycles. The molecule has 3 heteroatoms. The van der Waals surface area contributed by atoms with Crippen molar-refractivity contribution in [1.29, 1.82) is 0 Å². The summed E-state index contributed by atoms with van der Waals surface area (Å²) in [6, 6.07) is 12.2. The summed E-state index contributed by atoms with van der Waals surface area (Å²) in [5, 5.41) is 2.69. The number of carbonyl (C=O) groups is 1. The van der Waals surface area contributed by atoms with Crippen LogP contribution < -0.4 is 5.32 Å². The summed E-state index contributed by atoms with van der Waals surface area (Å²) in [7, 11) is 0. The third-order valence-electron chi connectivity index (χ3n) is 2.22. The van der Waals surface area contributed by atoms with Gasteiger partial charge in [-0.05, 0) is 36.4 Å². The highest BCUT2D eigenvalue weighted by Crippen LogP contribution is 2.07. The van der Waals surface area contributed by atoms with Gasteiger partial charge in [0.25, 0.3) is 5.91 Å². The Morgan fingerprint density at radius 1 is 1.18 bits per heavy atom. The molecule has 17 heavy (non-hydrogen) atoms. The molecule has 1 N–H and O–H groups in total. The number of pyridine rings is 1. The van der Waals surface area contributed by atoms with Crippen LogP contribution in [0, 0.1) is 12.3 Å². The van der Waals surface area contributed by atoms with E-state index in [9.17, 15) is 4.79 Å². The van der Waals surface area contributed by atoms with Crippen molar-refractivity contribution in [2.45, 2.75) is 0 Å². The highest BCUT2D eigenvalue weighted by molar-refractivity contribution is 6.03. The Morgan fingerprint density at radius 2 is 1.94 bits per heavy atom. The highest BCUT2D eigenvalue weighted by Gasteiger charge is 2.05. The molecule has 2 aromatic rings. The molecule has 1 heterocycles. The molecule has 1 amide bonds. The predicted octanol–water partition coefficient (Wildman–Crippen LogP) is 2.32. The lowest BCUT2D eigenvalue weighted by Crippen LogP contribution is -2.12. The van der Waals surface area contributed by atoms with E-state index >= 15 is 0 Å². The molecule has 1 aromatic heterocycles. The molecule has 0 aliphatic rings. The first kappa shape index (κ1) is 10.9. The van der Waals surface area contributed by atoms with Gasteiger partial charge >= 0.3 is 0 Å². The average molecular weight is 222 g/mol. The van der Waals surface area contributed by atoms with E-state index in [0.717, 1.165) is 5.56 Å². The Morgan fingerprint density at radius 3 is 2.53 bits per heavy atom. The lowest BCUT2D eigenvalue weighted by Gasteiger charge is -2.03. The standard InChI is InChI=1S/C14H10N2O/c1-2-11-6-8-12(9-7-11)14(17)16-13-5-3-4-10-15-13/h1,3-10H,(H,15,16,17). The van der Waals surface area contributed by atoms with Gasteiger partial charge in [0.05, 0.1) is 0 Å². The third kappa shape index (κ3) is 2.70. The van der Waals surface area contributed by atoms with E-state index in [0.29, 0.717) is 11.4 Å². The van der Waals surface area contributed by atoms with Gasteiger partial charge in [-0.2, -0.15) is 0 Å². The maximum atomic E-state index is 11.8. The topological polar surface area (TPSA) is 42.0 Å². The largest absolute Gasteiger partial charge is 0.307 e. The second kappa shape index (κ2) is 4.95. The fourth-order valence-electron chi connectivity index (χ4n) is 1.34. The van der Waals surface area contributed by atoms with Crippen molar-refractivity contribution in [2.75, 3.05) is 5.32 Å². The molecule has 0 radical (unpaired) electrons. The predicted molar refractivity (Wildman–Crippen MR) is 66.6 cm³/mol. The second-order valence-electron chi connectivity index (χ2n) is 3.39. The van der Waals surface area contributed by atoms with Gasteiger partial charge in [0.1, 0.15) is 5.82 Å². The van der Waals surface area contributed by atoms with Crippen LogP contribution in [0.4, 0.5) is 5.82 Å². The summed E-state index contributed by atoms with van der Waals surface area (Å²) in [4.78, 5) is 15.8. The minimum Gasteiger partial charge on any atom is -0.307 e. The van der Waals surface area contributed by atoms with Gasteiger partial charge in [-0.15, -0.1) is 6.42 Å². The summed E-state index contributed by atoms with van der Waals surface area (Å²) in [6.45, 7) is 0. The van der Waals surface area contributed by atoms with Crippen LogP contribution in [0.5, 0.6) is 0 Å². The average Bonchev–Trinajstić information content (AvgIpc) is 2.40. The van der Waals surface area contributed by atoms with Gasteiger partial charge in [0, 0.05) is 17.3 Å². The van der Waals surface area contributed by atoms with Crippen molar-refractivity contribution < 1.29 is 4.79 Å². The first-order valence-electron chi connectivity index (χ1n) is 5.08. The first-order chi connectivity index (χ1) is 8.29. The van der Waals surface area contributed by atoms with Crippen LogP contribution in [-0.4, -0.2) is 10.9 Å². The van der Waals surface area contributed by atoms with E-state index in [2.05, 4.69) is 16.2 Å². The number of rotatable bonds is 2. The van der Waals surface area contributed by atoms with Crippen molar-refractivity contribution >= 4 is 11.7 Å². The molecule has 0 bridgehead atoms. The van der Waals surface area contributed by atoms with E-state index in [4.69, 9.17) is 6.42 Å². The molecule has 0 saturated heterocycles. The summed E-state index contributed by atoms with van der Waals surface area (Å²) >= 11 is 0. The van der Waals surface area contributed by atoms with Gasteiger partial charge in [0.2, 0.25) is 0 Å². The summed E-state index contributed by atoms with van der Waals surface area (Å²) in [5.74, 6) is 2.82. The van der Waals surface area contributed by atoms with Crippen molar-refractivity contribution in [2.24, 2.45) is 0 Å². The lowest BCUT2D eigenvalue weighted by molar-refractivity contribution is 0.102. The minimum absolute atomic E-state index is 0.202. The van der Waals surface area contributed by atoms with Gasteiger partial charge < -0.3 is 5.32 Å². The highest BCUT2D eigenvalue weighted by atomic mass is 16.1. The van der Waals surface area contributed by atoms with Crippen molar-refractivity contribution in [3.63, 3.8) is 0 Å². The molecule has 0 atom stereocenters. The first-order valence-corrected chi connectivity index (χ1v) is 5.08. The zero-order valence-corrected chi connectivity index (χ0v) is 9.05. The number of amides is 1. The summed E-state index contributed by atoms with van der Waals surface area (Å²) < 4.78 is 0. The fourth-order valence-corrected chi connectivity index (χ4v) is 1.34. The van der Waals surface area contributed by atoms with E-state index in [1.54, 1.807) is 42.6 Å². The van der Waals surface area contributed by atoms with Crippen molar-refractivity contribution in [3.8, 4) is 12.3 Å². The molecule has 0 aliphatic heterocycles. The maximum absolute atomic E-state index is 11.8. The van der Waals surface area contributed by atoms with Crippen LogP contribution >= 0.6 is 0 Å². The molecule has 0 unspecified atom stereocenters. The van der Waals surface area contributed by atoms with E-state index in [-0.39, 0.29) is 5.91 Å². The zero-order valence-electron chi connectivity index (χ0n) is 9.05. The van der Waals surface area contributed by atoms with Crippen LogP contribution in [0.1, 0.15) is 15.9 Å². The smallest absolute Gasteiger partial charge is 0.256 e. The third-order valence-corrected chi connectivity index (χ3v) is 2.22. The molecular weight excluding hydrogens is 212 g/mol. The SMILES string of the molecule is C#Cc1ccc(C(=O)Nc2ccccn2)cc1. The molecule has 0 aliphatic carbocycles. The van der Waals surface area contributed by atoms with E-state index in [1.165, 1.54) is 0 Å². The van der Waals surface area contributed by atoms with Crippen LogP contribution in [0.25, 0.3) is 0 Å². The number of terminal acetylenes is 1. The van der Waals surface area contributed by atoms with Crippen LogP contribution in [0.15, 0.2) is 48.7 Å². The Balaban J connectivity index is 2.13. The quantitative estimate of drug-likeness (QED) is 0.792. The second-order valence-corrected chi connectivity index (χ2v) is 3.39. The number of carbonyl (C=O) groups excluding carboxylic acids is 1. The molecule has 0 saturated carbocycles. The van der Waals surface area contributed by atoms with E-state index < -0.39 is 0 Å². The molecule has 82 valence electrons. The number of nitrogens with one attached hydrogen (secondary N) is 1. The van der Waals surface area contributed by atoms with Gasteiger partial charge in [0.15, 0.2) is 0 Å². The maximum Gasteiger partial charge on any atom is 0.256 e. The van der Waals surface area contributed by atoms with Crippen molar-refractivity contribution in [1.82, 2.24) is 4.98 Å². The number of aromatic nitrogens is 1. The normalized spacial score (nSPS) is 9.35. The van der Waals surface area contributed by atoms with Crippen LogP contribution in [0.3, 0.4) is 0 Å². The van der Waals surface area contributed by atoms with Gasteiger partial charge in [-0.3, -0.25) is 4.79 Å². The number of benzene rings is 1. The molecule has 0 fully saturated rings. The summed E-state index contributed by atoms with van der Waals surface area (Å²) in [5.41, 5.74) is 1.30. The lowest BCUT2D eigenvalue weighted by atomic mass is 10.1. The number of anilines is 1. The van der Waals surface area contributed by atoms with Crippen LogP contribution in [-0.2, 0) is 0 Å². The van der Waals surface area contributed by atoms with Crippen molar-refractivity contribution in [3.05, 3.63) is 59.8 Å². The Kier molecular flexibility index (Phi) is 3.18. The Bertz CT molecular complexity index is 553. The number of hydrogen-bond donors (Lipinski definition) is 1. The number of nitrogens with zero attached hydrogens (tertiary/aromatic N) is 1. The molecule has 0 spiro atoms. The molecular formula is C14H10N2O. The molecule has 3 nitrogen and oxygen atoms in total. The number of hydrogen-bond acceptors (Lipinski definition) is 2. The monoisotopic (exact) mass is 222 g/mol. The minimum atomic E-state index is -0.202.